The van der Waals surface area contributed by atoms with E-state index in [-0.39, 0.29) is 35.7 Å². The van der Waals surface area contributed by atoms with Crippen LogP contribution in [0.2, 0.25) is 0 Å². The molecular formula is C18H17N3O5S. The molecule has 3 aromatic rings. The highest BCUT2D eigenvalue weighted by atomic mass is 32.1. The molecule has 2 N–H and O–H groups in total. The number of hydrogen-bond donors (Lipinski definition) is 2. The third-order valence-electron chi connectivity index (χ3n) is 4.01. The Bertz CT molecular complexity index is 1100. The van der Waals surface area contributed by atoms with Gasteiger partial charge in [0.05, 0.1) is 36.4 Å². The van der Waals surface area contributed by atoms with Crippen LogP contribution < -0.4 is 10.9 Å². The molecule has 0 aliphatic heterocycles. The van der Waals surface area contributed by atoms with Crippen molar-refractivity contribution in [2.45, 2.75) is 19.5 Å². The van der Waals surface area contributed by atoms with Gasteiger partial charge >= 0.3 is 5.97 Å². The number of aromatic amines is 1. The Morgan fingerprint density at radius 1 is 1.33 bits per heavy atom. The van der Waals surface area contributed by atoms with Gasteiger partial charge < -0.3 is 19.5 Å². The molecule has 1 amide bonds. The Labute approximate surface area is 158 Å². The van der Waals surface area contributed by atoms with Gasteiger partial charge in [-0.25, -0.2) is 4.79 Å². The van der Waals surface area contributed by atoms with Gasteiger partial charge in [-0.15, -0.1) is 0 Å². The Hall–Kier alpha value is -3.20. The molecule has 0 atom stereocenters. The van der Waals surface area contributed by atoms with Gasteiger partial charge in [0.2, 0.25) is 5.91 Å². The van der Waals surface area contributed by atoms with E-state index in [0.29, 0.717) is 22.2 Å². The van der Waals surface area contributed by atoms with E-state index in [1.165, 1.54) is 36.1 Å². The van der Waals surface area contributed by atoms with Gasteiger partial charge in [0.15, 0.2) is 4.77 Å². The smallest absolute Gasteiger partial charge is 0.337 e. The Kier molecular flexibility index (Phi) is 5.51. The van der Waals surface area contributed by atoms with Crippen molar-refractivity contribution in [1.29, 1.82) is 0 Å². The predicted octanol–water partition coefficient (Wildman–Crippen LogP) is 2.15. The van der Waals surface area contributed by atoms with E-state index in [4.69, 9.17) is 16.6 Å². The number of carbonyl (C=O) groups is 2. The molecule has 27 heavy (non-hydrogen) atoms. The van der Waals surface area contributed by atoms with Gasteiger partial charge in [-0.05, 0) is 42.5 Å². The van der Waals surface area contributed by atoms with Crippen LogP contribution in [0.1, 0.15) is 22.5 Å². The van der Waals surface area contributed by atoms with Crippen molar-refractivity contribution < 1.29 is 18.7 Å². The van der Waals surface area contributed by atoms with Crippen molar-refractivity contribution in [3.05, 3.63) is 63.0 Å². The molecule has 2 aromatic heterocycles. The van der Waals surface area contributed by atoms with Crippen molar-refractivity contribution in [1.82, 2.24) is 14.9 Å². The molecule has 8 nitrogen and oxygen atoms in total. The van der Waals surface area contributed by atoms with E-state index in [1.54, 1.807) is 12.1 Å². The summed E-state index contributed by atoms with van der Waals surface area (Å²) < 4.78 is 11.3. The highest BCUT2D eigenvalue weighted by molar-refractivity contribution is 7.71. The minimum Gasteiger partial charge on any atom is -0.467 e. The molecule has 0 saturated heterocycles. The number of ether oxygens (including phenoxy) is 1. The van der Waals surface area contributed by atoms with Crippen molar-refractivity contribution in [2.24, 2.45) is 0 Å². The minimum absolute atomic E-state index is 0.0871. The summed E-state index contributed by atoms with van der Waals surface area (Å²) in [5.41, 5.74) is 0.417. The molecule has 2 heterocycles. The van der Waals surface area contributed by atoms with E-state index < -0.39 is 5.97 Å². The summed E-state index contributed by atoms with van der Waals surface area (Å²) in [6.45, 7) is 0.411. The first-order valence-electron chi connectivity index (χ1n) is 8.14. The van der Waals surface area contributed by atoms with Crippen LogP contribution in [0.3, 0.4) is 0 Å². The number of methoxy groups -OCH3 is 1. The third-order valence-corrected chi connectivity index (χ3v) is 4.33. The average molecular weight is 387 g/mol. The molecule has 140 valence electrons. The molecule has 0 bridgehead atoms. The highest BCUT2D eigenvalue weighted by Gasteiger charge is 2.11. The average Bonchev–Trinajstić information content (AvgIpc) is 3.18. The predicted molar refractivity (Wildman–Crippen MR) is 99.9 cm³/mol. The molecule has 0 unspecified atom stereocenters. The van der Waals surface area contributed by atoms with Crippen LogP contribution in [0, 0.1) is 4.77 Å². The van der Waals surface area contributed by atoms with Crippen LogP contribution in [0.4, 0.5) is 0 Å². The van der Waals surface area contributed by atoms with Crippen molar-refractivity contribution in [3.8, 4) is 0 Å². The number of furan rings is 1. The minimum atomic E-state index is -0.506. The lowest BCUT2D eigenvalue weighted by atomic mass is 10.1. The van der Waals surface area contributed by atoms with Crippen LogP contribution in [0.15, 0.2) is 45.8 Å². The Morgan fingerprint density at radius 3 is 2.85 bits per heavy atom. The zero-order valence-electron chi connectivity index (χ0n) is 14.5. The lowest BCUT2D eigenvalue weighted by Crippen LogP contribution is -2.28. The molecular weight excluding hydrogens is 370 g/mol. The highest BCUT2D eigenvalue weighted by Crippen LogP contribution is 2.12. The molecule has 1 aromatic carbocycles. The number of amides is 1. The number of rotatable bonds is 6. The topological polar surface area (TPSA) is 106 Å². The lowest BCUT2D eigenvalue weighted by Gasteiger charge is -2.09. The fraction of sp³-hybridized carbons (Fsp3) is 0.222. The second-order valence-corrected chi connectivity index (χ2v) is 6.13. The number of benzene rings is 1. The molecule has 0 spiro atoms. The number of carbonyl (C=O) groups excluding carboxylic acids is 2. The van der Waals surface area contributed by atoms with Crippen LogP contribution in [0.5, 0.6) is 0 Å². The summed E-state index contributed by atoms with van der Waals surface area (Å²) >= 11 is 5.23. The summed E-state index contributed by atoms with van der Waals surface area (Å²) in [6, 6.07) is 8.04. The summed E-state index contributed by atoms with van der Waals surface area (Å²) in [5, 5.41) is 3.08. The van der Waals surface area contributed by atoms with Crippen LogP contribution in [0.25, 0.3) is 10.9 Å². The number of esters is 1. The van der Waals surface area contributed by atoms with Gasteiger partial charge in [0, 0.05) is 13.0 Å². The van der Waals surface area contributed by atoms with Gasteiger partial charge in [-0.3, -0.25) is 14.2 Å². The first-order valence-corrected chi connectivity index (χ1v) is 8.54. The molecule has 0 aliphatic carbocycles. The van der Waals surface area contributed by atoms with Crippen LogP contribution in [-0.4, -0.2) is 28.5 Å². The van der Waals surface area contributed by atoms with Crippen molar-refractivity contribution in [3.63, 3.8) is 0 Å². The Morgan fingerprint density at radius 2 is 2.15 bits per heavy atom. The van der Waals surface area contributed by atoms with Crippen molar-refractivity contribution >= 4 is 35.0 Å². The molecule has 0 radical (unpaired) electrons. The normalized spacial score (nSPS) is 10.7. The third kappa shape index (κ3) is 4.14. The van der Waals surface area contributed by atoms with Gasteiger partial charge in [0.1, 0.15) is 5.76 Å². The van der Waals surface area contributed by atoms with E-state index in [9.17, 15) is 14.4 Å². The van der Waals surface area contributed by atoms with Crippen LogP contribution >= 0.6 is 12.2 Å². The standard InChI is InChI=1S/C18H17N3O5S/c1-25-17(24)11-4-5-13-14(9-11)20-18(27)21(16(13)23)7-6-15(22)19-10-12-3-2-8-26-12/h2-5,8-9H,6-7,10H2,1H3,(H,19,22)(H,20,27). The van der Waals surface area contributed by atoms with Gasteiger partial charge in [-0.2, -0.15) is 0 Å². The maximum atomic E-state index is 12.7. The lowest BCUT2D eigenvalue weighted by molar-refractivity contribution is -0.121. The molecule has 3 rings (SSSR count). The van der Waals surface area contributed by atoms with E-state index in [0.717, 1.165) is 0 Å². The number of hydrogen-bond acceptors (Lipinski definition) is 6. The summed E-state index contributed by atoms with van der Waals surface area (Å²) in [6.07, 6.45) is 1.62. The fourth-order valence-corrected chi connectivity index (χ4v) is 2.89. The number of nitrogens with one attached hydrogen (secondary N) is 2. The number of aromatic nitrogens is 2. The van der Waals surface area contributed by atoms with E-state index >= 15 is 0 Å². The first-order chi connectivity index (χ1) is 13.0. The zero-order chi connectivity index (χ0) is 19.4. The maximum Gasteiger partial charge on any atom is 0.337 e. The number of fused-ring (bicyclic) bond motifs is 1. The number of nitrogens with zero attached hydrogens (tertiary/aromatic N) is 1. The quantitative estimate of drug-likeness (QED) is 0.496. The maximum absolute atomic E-state index is 12.7. The molecule has 0 aliphatic rings. The number of H-pyrrole nitrogens is 1. The van der Waals surface area contributed by atoms with Gasteiger partial charge in [-0.1, -0.05) is 0 Å². The summed E-state index contributed by atoms with van der Waals surface area (Å²) in [4.78, 5) is 39.2. The fourth-order valence-electron chi connectivity index (χ4n) is 2.60. The van der Waals surface area contributed by atoms with Crippen molar-refractivity contribution in [2.75, 3.05) is 7.11 Å². The first kappa shape index (κ1) is 18.6. The summed E-state index contributed by atoms with van der Waals surface area (Å²) in [7, 11) is 1.28. The Balaban J connectivity index is 1.76. The largest absolute Gasteiger partial charge is 0.467 e. The van der Waals surface area contributed by atoms with E-state index in [1.807, 2.05) is 0 Å². The zero-order valence-corrected chi connectivity index (χ0v) is 15.3. The van der Waals surface area contributed by atoms with Crippen LogP contribution in [-0.2, 0) is 22.6 Å². The second kappa shape index (κ2) is 8.00. The second-order valence-electron chi connectivity index (χ2n) is 5.74. The summed E-state index contributed by atoms with van der Waals surface area (Å²) in [5.74, 6) is -0.0904. The molecule has 0 fully saturated rings. The van der Waals surface area contributed by atoms with E-state index in [2.05, 4.69) is 15.0 Å². The molecule has 9 heteroatoms. The SMILES string of the molecule is COC(=O)c1ccc2c(=O)n(CCC(=O)NCc3ccco3)c(=S)[nH]c2c1. The molecule has 0 saturated carbocycles. The monoisotopic (exact) mass is 387 g/mol. The van der Waals surface area contributed by atoms with Gasteiger partial charge in [0.25, 0.3) is 5.56 Å².